The van der Waals surface area contributed by atoms with Crippen LogP contribution in [-0.4, -0.2) is 73.6 Å². The Morgan fingerprint density at radius 3 is 2.83 bits per heavy atom. The summed E-state index contributed by atoms with van der Waals surface area (Å²) in [4.78, 5) is 22.3. The van der Waals surface area contributed by atoms with Crippen LogP contribution in [-0.2, 0) is 6.61 Å². The van der Waals surface area contributed by atoms with Gasteiger partial charge in [-0.1, -0.05) is 11.6 Å². The number of aromatic amines is 1. The number of hydrogen-bond acceptors (Lipinski definition) is 9. The van der Waals surface area contributed by atoms with Gasteiger partial charge in [0.15, 0.2) is 5.82 Å². The van der Waals surface area contributed by atoms with E-state index in [-0.39, 0.29) is 18.7 Å². The molecule has 35 heavy (non-hydrogen) atoms. The lowest BCUT2D eigenvalue weighted by Crippen LogP contribution is -2.56. The van der Waals surface area contributed by atoms with E-state index >= 15 is 0 Å². The summed E-state index contributed by atoms with van der Waals surface area (Å²) in [6.07, 6.45) is 2.59. The number of halogens is 2. The van der Waals surface area contributed by atoms with Gasteiger partial charge in [-0.3, -0.25) is 10.1 Å². The van der Waals surface area contributed by atoms with Crippen LogP contribution in [0.15, 0.2) is 18.3 Å². The van der Waals surface area contributed by atoms with E-state index in [9.17, 15) is 9.50 Å². The SMILES string of the molecule is CN(C)c1cnc2ccc(-c3[nH]nc4nc(N5[C@@H]6CC[C@H]5[C@@H](F)[C@@H](N)C6)c(CO)nc34)c(Cl)c2n1. The number of anilines is 2. The Kier molecular flexibility index (Phi) is 5.24. The van der Waals surface area contributed by atoms with Crippen LogP contribution in [0.3, 0.4) is 0 Å². The Morgan fingerprint density at radius 1 is 1.23 bits per heavy atom. The van der Waals surface area contributed by atoms with E-state index < -0.39 is 12.2 Å². The first-order valence-corrected chi connectivity index (χ1v) is 11.9. The number of H-pyrrole nitrogens is 1. The monoisotopic (exact) mass is 497 g/mol. The summed E-state index contributed by atoms with van der Waals surface area (Å²) in [6.45, 7) is -0.342. The molecule has 0 aliphatic carbocycles. The summed E-state index contributed by atoms with van der Waals surface area (Å²) in [6, 6.07) is 2.87. The third kappa shape index (κ3) is 3.40. The second-order valence-electron chi connectivity index (χ2n) is 9.39. The molecule has 2 bridgehead atoms. The van der Waals surface area contributed by atoms with Crippen molar-refractivity contribution in [1.29, 1.82) is 0 Å². The first kappa shape index (κ1) is 22.3. The topological polar surface area (TPSA) is 133 Å². The molecule has 1 aromatic carbocycles. The fourth-order valence-corrected chi connectivity index (χ4v) is 5.62. The predicted molar refractivity (Wildman–Crippen MR) is 132 cm³/mol. The lowest BCUT2D eigenvalue weighted by molar-refractivity contribution is 0.202. The van der Waals surface area contributed by atoms with Crippen LogP contribution < -0.4 is 15.5 Å². The zero-order valence-corrected chi connectivity index (χ0v) is 20.0. The maximum atomic E-state index is 14.9. The van der Waals surface area contributed by atoms with Gasteiger partial charge in [-0.05, 0) is 31.4 Å². The maximum absolute atomic E-state index is 14.9. The molecular weight excluding hydrogens is 473 g/mol. The van der Waals surface area contributed by atoms with Crippen molar-refractivity contribution in [2.45, 2.75) is 50.2 Å². The number of nitrogens with zero attached hydrogens (tertiary/aromatic N) is 7. The summed E-state index contributed by atoms with van der Waals surface area (Å²) in [5, 5.41) is 17.9. The first-order valence-electron chi connectivity index (χ1n) is 11.5. The van der Waals surface area contributed by atoms with Crippen LogP contribution in [0, 0.1) is 0 Å². The molecule has 4 aromatic rings. The summed E-state index contributed by atoms with van der Waals surface area (Å²) in [5.74, 6) is 1.14. The minimum atomic E-state index is -1.16. The van der Waals surface area contributed by atoms with Gasteiger partial charge in [-0.25, -0.2) is 19.3 Å². The number of aromatic nitrogens is 6. The molecule has 4 N–H and O–H groups in total. The lowest BCUT2D eigenvalue weighted by atomic mass is 9.96. The molecule has 0 spiro atoms. The largest absolute Gasteiger partial charge is 0.390 e. The van der Waals surface area contributed by atoms with E-state index in [0.717, 1.165) is 6.42 Å². The fraction of sp³-hybridized carbons (Fsp3) is 0.435. The van der Waals surface area contributed by atoms with Crippen molar-refractivity contribution in [2.24, 2.45) is 5.73 Å². The molecule has 5 heterocycles. The van der Waals surface area contributed by atoms with E-state index in [0.29, 0.717) is 68.6 Å². The van der Waals surface area contributed by atoms with Gasteiger partial charge in [0.1, 0.15) is 28.7 Å². The maximum Gasteiger partial charge on any atom is 0.202 e. The standard InChI is InChI=1S/C23H25ClFN9O/c1-33(2)16-8-27-13-5-4-11(17(24)20(13)29-16)19-21-22(32-31-19)30-23(14(9-35)28-21)34-10-3-6-15(34)18(25)12(26)7-10/h4-5,8,10,12,15,18,35H,3,6-7,9,26H2,1-2H3,(H,30,31,32)/t10-,12+,15+,18+/m1/s1. The average Bonchev–Trinajstić information content (AvgIpc) is 3.42. The molecule has 2 saturated heterocycles. The van der Waals surface area contributed by atoms with Crippen molar-refractivity contribution in [2.75, 3.05) is 23.9 Å². The first-order chi connectivity index (χ1) is 16.9. The number of aliphatic hydroxyl groups is 1. The van der Waals surface area contributed by atoms with Gasteiger partial charge in [0.05, 0.1) is 35.1 Å². The van der Waals surface area contributed by atoms with Gasteiger partial charge in [0.2, 0.25) is 5.65 Å². The number of hydrogen-bond donors (Lipinski definition) is 3. The van der Waals surface area contributed by atoms with E-state index in [1.807, 2.05) is 36.0 Å². The highest BCUT2D eigenvalue weighted by atomic mass is 35.5. The lowest BCUT2D eigenvalue weighted by Gasteiger charge is -2.41. The Bertz CT molecular complexity index is 1440. The molecule has 4 atom stereocenters. The molecule has 0 unspecified atom stereocenters. The van der Waals surface area contributed by atoms with Crippen molar-refractivity contribution in [3.8, 4) is 11.3 Å². The normalized spacial score (nSPS) is 24.0. The number of aliphatic hydroxyl groups excluding tert-OH is 1. The van der Waals surface area contributed by atoms with Crippen molar-refractivity contribution < 1.29 is 9.50 Å². The molecular formula is C23H25ClFN9O. The van der Waals surface area contributed by atoms with Crippen molar-refractivity contribution >= 4 is 45.4 Å². The molecule has 2 fully saturated rings. The number of benzene rings is 1. The Labute approximate surface area is 205 Å². The Balaban J connectivity index is 1.47. The van der Waals surface area contributed by atoms with Gasteiger partial charge in [0.25, 0.3) is 0 Å². The van der Waals surface area contributed by atoms with E-state index in [2.05, 4.69) is 20.2 Å². The van der Waals surface area contributed by atoms with Crippen molar-refractivity contribution in [1.82, 2.24) is 30.1 Å². The minimum absolute atomic E-state index is 0.0665. The Morgan fingerprint density at radius 2 is 2.06 bits per heavy atom. The van der Waals surface area contributed by atoms with Crippen LogP contribution in [0.2, 0.25) is 5.02 Å². The third-order valence-electron chi connectivity index (χ3n) is 7.07. The molecule has 6 rings (SSSR count). The van der Waals surface area contributed by atoms with Gasteiger partial charge >= 0.3 is 0 Å². The number of piperidine rings is 1. The summed E-state index contributed by atoms with van der Waals surface area (Å²) < 4.78 is 14.9. The number of fused-ring (bicyclic) bond motifs is 4. The molecule has 12 heteroatoms. The number of rotatable bonds is 4. The smallest absolute Gasteiger partial charge is 0.202 e. The van der Waals surface area contributed by atoms with Gasteiger partial charge < -0.3 is 20.6 Å². The van der Waals surface area contributed by atoms with Gasteiger partial charge in [-0.2, -0.15) is 5.10 Å². The number of nitrogens with one attached hydrogen (secondary N) is 1. The second kappa shape index (κ2) is 8.21. The van der Waals surface area contributed by atoms with Crippen LogP contribution >= 0.6 is 11.6 Å². The van der Waals surface area contributed by atoms with Crippen LogP contribution in [0.1, 0.15) is 25.0 Å². The summed E-state index contributed by atoms with van der Waals surface area (Å²) >= 11 is 6.78. The van der Waals surface area contributed by atoms with Crippen LogP contribution in [0.5, 0.6) is 0 Å². The minimum Gasteiger partial charge on any atom is -0.390 e. The molecule has 3 aromatic heterocycles. The fourth-order valence-electron chi connectivity index (χ4n) is 5.32. The molecule has 10 nitrogen and oxygen atoms in total. The van der Waals surface area contributed by atoms with Crippen molar-refractivity contribution in [3.63, 3.8) is 0 Å². The second-order valence-corrected chi connectivity index (χ2v) is 9.77. The molecule has 2 aliphatic heterocycles. The van der Waals surface area contributed by atoms with E-state index in [4.69, 9.17) is 27.3 Å². The molecule has 182 valence electrons. The molecule has 0 amide bonds. The molecule has 0 radical (unpaired) electrons. The highest BCUT2D eigenvalue weighted by Crippen LogP contribution is 2.42. The third-order valence-corrected chi connectivity index (χ3v) is 7.45. The number of alkyl halides is 1. The molecule has 0 saturated carbocycles. The zero-order chi connectivity index (χ0) is 24.4. The van der Waals surface area contributed by atoms with Crippen molar-refractivity contribution in [3.05, 3.63) is 29.0 Å². The average molecular weight is 498 g/mol. The van der Waals surface area contributed by atoms with Gasteiger partial charge in [0, 0.05) is 31.7 Å². The quantitative estimate of drug-likeness (QED) is 0.389. The summed E-state index contributed by atoms with van der Waals surface area (Å²) in [5.41, 5.74) is 9.64. The van der Waals surface area contributed by atoms with E-state index in [1.54, 1.807) is 6.20 Å². The molecule has 2 aliphatic rings. The number of nitrogens with two attached hydrogens (primary N) is 1. The zero-order valence-electron chi connectivity index (χ0n) is 19.3. The van der Waals surface area contributed by atoms with Crippen LogP contribution in [0.4, 0.5) is 16.0 Å². The highest BCUT2D eigenvalue weighted by Gasteiger charge is 2.48. The highest BCUT2D eigenvalue weighted by molar-refractivity contribution is 6.38. The van der Waals surface area contributed by atoms with Crippen LogP contribution in [0.25, 0.3) is 33.5 Å². The van der Waals surface area contributed by atoms with Gasteiger partial charge in [-0.15, -0.1) is 0 Å². The van der Waals surface area contributed by atoms with E-state index in [1.165, 1.54) is 0 Å². The predicted octanol–water partition coefficient (Wildman–Crippen LogP) is 2.58. The summed E-state index contributed by atoms with van der Waals surface area (Å²) in [7, 11) is 3.76. The Hall–Kier alpha value is -3.15.